The summed E-state index contributed by atoms with van der Waals surface area (Å²) in [5, 5.41) is 0.177. The Morgan fingerprint density at radius 1 is 1.11 bits per heavy atom. The molecule has 0 unspecified atom stereocenters. The molecule has 0 N–H and O–H groups in total. The van der Waals surface area contributed by atoms with Crippen LogP contribution in [0.25, 0.3) is 11.2 Å². The topological polar surface area (TPSA) is 62.1 Å². The Bertz CT molecular complexity index is 754. The molecule has 0 aliphatic carbocycles. The number of rotatable bonds is 10. The van der Waals surface area contributed by atoms with E-state index in [4.69, 9.17) is 9.16 Å². The van der Waals surface area contributed by atoms with Gasteiger partial charge >= 0.3 is 0 Å². The Kier molecular flexibility index (Phi) is 7.62. The monoisotopic (exact) mass is 406 g/mol. The SMILES string of the molecule is CCCCCC[C@@H](O[Si](C)(C)C(C)(C)C)[C@@H](C)n1cnc2c(OC)ncnc21. The molecule has 2 heterocycles. The van der Waals surface area contributed by atoms with Gasteiger partial charge in [0.2, 0.25) is 5.88 Å². The second-order valence-electron chi connectivity index (χ2n) is 9.21. The van der Waals surface area contributed by atoms with Gasteiger partial charge in [0.1, 0.15) is 6.33 Å². The Labute approximate surface area is 171 Å². The maximum absolute atomic E-state index is 6.89. The molecule has 2 aromatic heterocycles. The quantitative estimate of drug-likeness (QED) is 0.371. The Morgan fingerprint density at radius 3 is 2.43 bits per heavy atom. The maximum atomic E-state index is 6.89. The fraction of sp³-hybridized carbons (Fsp3) is 0.762. The summed E-state index contributed by atoms with van der Waals surface area (Å²) in [4.78, 5) is 13.2. The van der Waals surface area contributed by atoms with Crippen molar-refractivity contribution in [1.29, 1.82) is 0 Å². The molecule has 0 saturated heterocycles. The predicted molar refractivity (Wildman–Crippen MR) is 117 cm³/mol. The molecule has 0 saturated carbocycles. The number of hydrogen-bond donors (Lipinski definition) is 0. The van der Waals surface area contributed by atoms with Crippen LogP contribution in [0.5, 0.6) is 5.88 Å². The van der Waals surface area contributed by atoms with Crippen molar-refractivity contribution in [3.05, 3.63) is 12.7 Å². The second kappa shape index (κ2) is 9.35. The van der Waals surface area contributed by atoms with Crippen molar-refractivity contribution in [1.82, 2.24) is 19.5 Å². The average molecular weight is 407 g/mol. The van der Waals surface area contributed by atoms with E-state index in [0.29, 0.717) is 11.4 Å². The van der Waals surface area contributed by atoms with Crippen LogP contribution in [-0.4, -0.2) is 41.1 Å². The van der Waals surface area contributed by atoms with Gasteiger partial charge in [-0.25, -0.2) is 9.97 Å². The minimum absolute atomic E-state index is 0.135. The summed E-state index contributed by atoms with van der Waals surface area (Å²) < 4.78 is 14.4. The zero-order valence-electron chi connectivity index (χ0n) is 19.0. The number of methoxy groups -OCH3 is 1. The minimum atomic E-state index is -1.89. The molecule has 0 aromatic carbocycles. The molecule has 0 bridgehead atoms. The van der Waals surface area contributed by atoms with E-state index in [1.54, 1.807) is 7.11 Å². The van der Waals surface area contributed by atoms with Gasteiger partial charge in [-0.3, -0.25) is 0 Å². The molecule has 2 atom stereocenters. The van der Waals surface area contributed by atoms with Crippen LogP contribution in [0.2, 0.25) is 18.1 Å². The number of ether oxygens (including phenoxy) is 1. The van der Waals surface area contributed by atoms with E-state index in [9.17, 15) is 0 Å². The summed E-state index contributed by atoms with van der Waals surface area (Å²) >= 11 is 0. The fourth-order valence-electron chi connectivity index (χ4n) is 3.18. The van der Waals surface area contributed by atoms with Crippen molar-refractivity contribution in [3.8, 4) is 5.88 Å². The lowest BCUT2D eigenvalue weighted by atomic mass is 10.0. The van der Waals surface area contributed by atoms with Gasteiger partial charge in [0, 0.05) is 0 Å². The molecule has 2 rings (SSSR count). The molecular formula is C21H38N4O2Si. The van der Waals surface area contributed by atoms with Gasteiger partial charge in [-0.15, -0.1) is 0 Å². The van der Waals surface area contributed by atoms with Gasteiger partial charge in [0.25, 0.3) is 0 Å². The molecule has 0 spiro atoms. The lowest BCUT2D eigenvalue weighted by molar-refractivity contribution is 0.118. The van der Waals surface area contributed by atoms with Crippen LogP contribution in [0.1, 0.15) is 72.8 Å². The van der Waals surface area contributed by atoms with Gasteiger partial charge in [0.15, 0.2) is 19.5 Å². The highest BCUT2D eigenvalue weighted by Crippen LogP contribution is 2.39. The average Bonchev–Trinajstić information content (AvgIpc) is 3.06. The molecule has 0 radical (unpaired) electrons. The van der Waals surface area contributed by atoms with Crippen LogP contribution in [0.15, 0.2) is 12.7 Å². The van der Waals surface area contributed by atoms with Crippen LogP contribution >= 0.6 is 0 Å². The first-order chi connectivity index (χ1) is 13.1. The number of nitrogens with zero attached hydrogens (tertiary/aromatic N) is 4. The molecule has 0 aliphatic rings. The molecule has 2 aromatic rings. The molecular weight excluding hydrogens is 368 g/mol. The summed E-state index contributed by atoms with van der Waals surface area (Å²) in [5.74, 6) is 0.515. The van der Waals surface area contributed by atoms with E-state index >= 15 is 0 Å². The lowest BCUT2D eigenvalue weighted by Gasteiger charge is -2.41. The van der Waals surface area contributed by atoms with E-state index in [0.717, 1.165) is 12.1 Å². The standard InChI is InChI=1S/C21H38N4O2Si/c1-9-10-11-12-13-17(27-28(7,8)21(3,4)5)16(2)25-15-24-18-19(25)22-14-23-20(18)26-6/h14-17H,9-13H2,1-8H3/t16-,17-/m1/s1. The predicted octanol–water partition coefficient (Wildman–Crippen LogP) is 5.76. The summed E-state index contributed by atoms with van der Waals surface area (Å²) in [7, 11) is -0.276. The summed E-state index contributed by atoms with van der Waals surface area (Å²) in [6, 6.07) is 0.139. The van der Waals surface area contributed by atoms with E-state index < -0.39 is 8.32 Å². The first-order valence-corrected chi connectivity index (χ1v) is 13.4. The second-order valence-corrected chi connectivity index (χ2v) is 14.0. The summed E-state index contributed by atoms with van der Waals surface area (Å²) in [6.45, 7) is 16.0. The maximum Gasteiger partial charge on any atom is 0.245 e. The van der Waals surface area contributed by atoms with E-state index in [1.165, 1.54) is 32.0 Å². The zero-order valence-corrected chi connectivity index (χ0v) is 20.0. The zero-order chi connectivity index (χ0) is 20.9. The third-order valence-corrected chi connectivity index (χ3v) is 10.6. The molecule has 0 amide bonds. The van der Waals surface area contributed by atoms with Crippen LogP contribution in [0.3, 0.4) is 0 Å². The molecule has 28 heavy (non-hydrogen) atoms. The van der Waals surface area contributed by atoms with Crippen LogP contribution in [-0.2, 0) is 4.43 Å². The highest BCUT2D eigenvalue weighted by atomic mass is 28.4. The first kappa shape index (κ1) is 22.8. The van der Waals surface area contributed by atoms with Crippen molar-refractivity contribution in [2.45, 2.75) is 97.0 Å². The van der Waals surface area contributed by atoms with E-state index in [2.05, 4.69) is 67.2 Å². The smallest absolute Gasteiger partial charge is 0.245 e. The molecule has 0 aliphatic heterocycles. The van der Waals surface area contributed by atoms with Gasteiger partial charge in [-0.1, -0.05) is 53.4 Å². The highest BCUT2D eigenvalue weighted by Gasteiger charge is 2.40. The third-order valence-electron chi connectivity index (χ3n) is 6.09. The van der Waals surface area contributed by atoms with Gasteiger partial charge in [0.05, 0.1) is 25.6 Å². The van der Waals surface area contributed by atoms with Gasteiger partial charge in [-0.05, 0) is 31.5 Å². The molecule has 158 valence electrons. The molecule has 7 heteroatoms. The van der Waals surface area contributed by atoms with Crippen molar-refractivity contribution in [2.24, 2.45) is 0 Å². The largest absolute Gasteiger partial charge is 0.479 e. The van der Waals surface area contributed by atoms with Crippen molar-refractivity contribution in [2.75, 3.05) is 7.11 Å². The number of imidazole rings is 1. The summed E-state index contributed by atoms with van der Waals surface area (Å²) in [6.07, 6.45) is 9.53. The van der Waals surface area contributed by atoms with Gasteiger partial charge in [-0.2, -0.15) is 4.98 Å². The number of aromatic nitrogens is 4. The van der Waals surface area contributed by atoms with Crippen LogP contribution in [0, 0.1) is 0 Å². The number of unbranched alkanes of at least 4 members (excludes halogenated alkanes) is 3. The fourth-order valence-corrected chi connectivity index (χ4v) is 4.61. The lowest BCUT2D eigenvalue weighted by Crippen LogP contribution is -2.45. The highest BCUT2D eigenvalue weighted by molar-refractivity contribution is 6.74. The third kappa shape index (κ3) is 5.11. The molecule has 0 fully saturated rings. The van der Waals surface area contributed by atoms with Crippen LogP contribution < -0.4 is 4.74 Å². The van der Waals surface area contributed by atoms with Crippen molar-refractivity contribution in [3.63, 3.8) is 0 Å². The Balaban J connectivity index is 2.31. The minimum Gasteiger partial charge on any atom is -0.479 e. The Hall–Kier alpha value is -1.47. The molecule has 6 nitrogen and oxygen atoms in total. The van der Waals surface area contributed by atoms with Gasteiger partial charge < -0.3 is 13.7 Å². The van der Waals surface area contributed by atoms with Crippen molar-refractivity contribution >= 4 is 19.5 Å². The normalized spacial score (nSPS) is 15.0. The van der Waals surface area contributed by atoms with Crippen molar-refractivity contribution < 1.29 is 9.16 Å². The number of fused-ring (bicyclic) bond motifs is 1. The van der Waals surface area contributed by atoms with Crippen LogP contribution in [0.4, 0.5) is 0 Å². The van der Waals surface area contributed by atoms with E-state index in [-0.39, 0.29) is 17.2 Å². The first-order valence-electron chi connectivity index (χ1n) is 10.5. The Morgan fingerprint density at radius 2 is 1.82 bits per heavy atom. The summed E-state index contributed by atoms with van der Waals surface area (Å²) in [5.41, 5.74) is 1.51. The number of hydrogen-bond acceptors (Lipinski definition) is 5. The van der Waals surface area contributed by atoms with E-state index in [1.807, 2.05) is 6.33 Å².